The van der Waals surface area contributed by atoms with Crippen LogP contribution in [0.25, 0.3) is 0 Å². The summed E-state index contributed by atoms with van der Waals surface area (Å²) in [5.41, 5.74) is 1.23. The first-order valence-electron chi connectivity index (χ1n) is 8.86. The summed E-state index contributed by atoms with van der Waals surface area (Å²) in [6.45, 7) is 0.951. The zero-order valence-corrected chi connectivity index (χ0v) is 15.1. The van der Waals surface area contributed by atoms with Crippen molar-refractivity contribution in [2.45, 2.75) is 31.3 Å². The van der Waals surface area contributed by atoms with E-state index in [1.807, 2.05) is 13.1 Å². The fourth-order valence-corrected chi connectivity index (χ4v) is 3.58. The van der Waals surface area contributed by atoms with Crippen LogP contribution in [-0.2, 0) is 13.5 Å². The van der Waals surface area contributed by atoms with Crippen molar-refractivity contribution in [2.24, 2.45) is 7.05 Å². The van der Waals surface area contributed by atoms with E-state index in [1.54, 1.807) is 31.4 Å². The van der Waals surface area contributed by atoms with Crippen LogP contribution in [0.1, 0.15) is 28.8 Å². The average molecular weight is 357 g/mol. The number of aryl methyl sites for hydroxylation is 1. The average Bonchev–Trinajstić information content (AvgIpc) is 2.60. The van der Waals surface area contributed by atoms with Gasteiger partial charge in [-0.2, -0.15) is 0 Å². The van der Waals surface area contributed by atoms with E-state index in [0.29, 0.717) is 12.0 Å². The van der Waals surface area contributed by atoms with Gasteiger partial charge in [0.1, 0.15) is 5.82 Å². The smallest absolute Gasteiger partial charge is 0.253 e. The van der Waals surface area contributed by atoms with Crippen LogP contribution in [0.2, 0.25) is 0 Å². The minimum absolute atomic E-state index is 0.0262. The molecule has 0 spiro atoms. The van der Waals surface area contributed by atoms with E-state index in [-0.39, 0.29) is 29.4 Å². The molecule has 3 rings (SSSR count). The Kier molecular flexibility index (Phi) is 5.52. The highest BCUT2D eigenvalue weighted by Crippen LogP contribution is 2.21. The third kappa shape index (κ3) is 4.19. The third-order valence-electron chi connectivity index (χ3n) is 5.05. The zero-order valence-electron chi connectivity index (χ0n) is 15.1. The largest absolute Gasteiger partial charge is 0.348 e. The number of aromatic nitrogens is 1. The Hall–Kier alpha value is -2.47. The number of hydrogen-bond donors (Lipinski definition) is 1. The topological polar surface area (TPSA) is 54.3 Å². The lowest BCUT2D eigenvalue weighted by atomic mass is 9.91. The number of nitrogens with zero attached hydrogens (tertiary/aromatic N) is 2. The SMILES string of the molecule is CN1CCC[C@H](NC(=O)c2ccc(=O)n(C)c2)[C@@H]1Cc1cccc(F)c1. The highest BCUT2D eigenvalue weighted by molar-refractivity contribution is 5.94. The van der Waals surface area contributed by atoms with Crippen molar-refractivity contribution in [1.29, 1.82) is 0 Å². The van der Waals surface area contributed by atoms with Crippen LogP contribution in [0.15, 0.2) is 47.4 Å². The van der Waals surface area contributed by atoms with Crippen LogP contribution in [0.5, 0.6) is 0 Å². The molecular formula is C20H24FN3O2. The maximum atomic E-state index is 13.5. The van der Waals surface area contributed by atoms with Gasteiger partial charge >= 0.3 is 0 Å². The molecule has 5 nitrogen and oxygen atoms in total. The van der Waals surface area contributed by atoms with Crippen molar-refractivity contribution in [3.05, 3.63) is 69.9 Å². The summed E-state index contributed by atoms with van der Waals surface area (Å²) in [5, 5.41) is 3.11. The van der Waals surface area contributed by atoms with Gasteiger partial charge in [0.25, 0.3) is 5.91 Å². The molecule has 2 aromatic rings. The van der Waals surface area contributed by atoms with E-state index in [0.717, 1.165) is 24.9 Å². The van der Waals surface area contributed by atoms with Crippen LogP contribution >= 0.6 is 0 Å². The van der Waals surface area contributed by atoms with Crippen LogP contribution < -0.4 is 10.9 Å². The van der Waals surface area contributed by atoms with E-state index in [2.05, 4.69) is 10.2 Å². The number of rotatable bonds is 4. The summed E-state index contributed by atoms with van der Waals surface area (Å²) in [4.78, 5) is 26.4. The predicted molar refractivity (Wildman–Crippen MR) is 98.7 cm³/mol. The van der Waals surface area contributed by atoms with E-state index >= 15 is 0 Å². The molecular weight excluding hydrogens is 333 g/mol. The van der Waals surface area contributed by atoms with Gasteiger partial charge in [0.15, 0.2) is 0 Å². The van der Waals surface area contributed by atoms with Gasteiger partial charge in [-0.25, -0.2) is 4.39 Å². The van der Waals surface area contributed by atoms with Gasteiger partial charge in [0.2, 0.25) is 5.56 Å². The number of nitrogens with one attached hydrogen (secondary N) is 1. The lowest BCUT2D eigenvalue weighted by Gasteiger charge is -2.39. The van der Waals surface area contributed by atoms with Gasteiger partial charge in [-0.15, -0.1) is 0 Å². The molecule has 6 heteroatoms. The molecule has 1 aromatic heterocycles. The summed E-state index contributed by atoms with van der Waals surface area (Å²) in [6, 6.07) is 9.63. The summed E-state index contributed by atoms with van der Waals surface area (Å²) >= 11 is 0. The highest BCUT2D eigenvalue weighted by atomic mass is 19.1. The monoisotopic (exact) mass is 357 g/mol. The Morgan fingerprint density at radius 3 is 2.81 bits per heavy atom. The molecule has 0 unspecified atom stereocenters. The van der Waals surface area contributed by atoms with Gasteiger partial charge in [-0.05, 0) is 56.6 Å². The standard InChI is InChI=1S/C20H24FN3O2/c1-23-10-4-7-17(18(23)12-14-5-3-6-16(21)11-14)22-20(26)15-8-9-19(25)24(2)13-15/h3,5-6,8-9,11,13,17-18H,4,7,10,12H2,1-2H3,(H,22,26)/t17-,18-/m0/s1. The van der Waals surface area contributed by atoms with Crippen molar-refractivity contribution in [3.8, 4) is 0 Å². The Balaban J connectivity index is 1.76. The maximum Gasteiger partial charge on any atom is 0.253 e. The van der Waals surface area contributed by atoms with E-state index in [1.165, 1.54) is 16.7 Å². The van der Waals surface area contributed by atoms with E-state index in [4.69, 9.17) is 0 Å². The van der Waals surface area contributed by atoms with Crippen LogP contribution in [0.4, 0.5) is 4.39 Å². The summed E-state index contributed by atoms with van der Waals surface area (Å²) in [6.07, 6.45) is 4.09. The molecule has 0 radical (unpaired) electrons. The quantitative estimate of drug-likeness (QED) is 0.910. The minimum Gasteiger partial charge on any atom is -0.348 e. The fraction of sp³-hybridized carbons (Fsp3) is 0.400. The molecule has 0 aliphatic carbocycles. The number of amides is 1. The minimum atomic E-state index is -0.244. The lowest BCUT2D eigenvalue weighted by Crippen LogP contribution is -2.55. The third-order valence-corrected chi connectivity index (χ3v) is 5.05. The molecule has 1 fully saturated rings. The lowest BCUT2D eigenvalue weighted by molar-refractivity contribution is 0.0851. The van der Waals surface area contributed by atoms with Gasteiger partial charge < -0.3 is 14.8 Å². The molecule has 26 heavy (non-hydrogen) atoms. The number of carbonyl (C=O) groups is 1. The summed E-state index contributed by atoms with van der Waals surface area (Å²) in [7, 11) is 3.66. The van der Waals surface area contributed by atoms with Crippen LogP contribution in [0.3, 0.4) is 0 Å². The van der Waals surface area contributed by atoms with Gasteiger partial charge in [0, 0.05) is 31.4 Å². The molecule has 2 atom stereocenters. The summed E-state index contributed by atoms with van der Waals surface area (Å²) in [5.74, 6) is -0.433. The zero-order chi connectivity index (χ0) is 18.7. The van der Waals surface area contributed by atoms with Crippen molar-refractivity contribution in [3.63, 3.8) is 0 Å². The number of pyridine rings is 1. The maximum absolute atomic E-state index is 13.5. The van der Waals surface area contributed by atoms with Gasteiger partial charge in [-0.1, -0.05) is 12.1 Å². The molecule has 1 saturated heterocycles. The molecule has 138 valence electrons. The molecule has 0 saturated carbocycles. The fourth-order valence-electron chi connectivity index (χ4n) is 3.58. The van der Waals surface area contributed by atoms with Crippen LogP contribution in [-0.4, -0.2) is 41.1 Å². The van der Waals surface area contributed by atoms with Gasteiger partial charge in [-0.3, -0.25) is 9.59 Å². The summed E-state index contributed by atoms with van der Waals surface area (Å²) < 4.78 is 14.9. The van der Waals surface area contributed by atoms with E-state index < -0.39 is 0 Å². The number of carbonyl (C=O) groups excluding carboxylic acids is 1. The predicted octanol–water partition coefficient (Wildman–Crippen LogP) is 1.96. The number of hydrogen-bond acceptors (Lipinski definition) is 3. The Morgan fingerprint density at radius 2 is 2.08 bits per heavy atom. The number of likely N-dealkylation sites (N-methyl/N-ethyl adjacent to an activating group) is 1. The highest BCUT2D eigenvalue weighted by Gasteiger charge is 2.30. The Labute approximate surface area is 152 Å². The number of likely N-dealkylation sites (tertiary alicyclic amines) is 1. The van der Waals surface area contributed by atoms with E-state index in [9.17, 15) is 14.0 Å². The molecule has 0 bridgehead atoms. The molecule has 1 N–H and O–H groups in total. The first-order chi connectivity index (χ1) is 12.4. The molecule has 1 aromatic carbocycles. The van der Waals surface area contributed by atoms with Gasteiger partial charge in [0.05, 0.1) is 5.56 Å². The first-order valence-corrected chi connectivity index (χ1v) is 8.86. The number of halogens is 1. The second kappa shape index (κ2) is 7.83. The number of benzene rings is 1. The molecule has 1 amide bonds. The first kappa shape index (κ1) is 18.3. The van der Waals surface area contributed by atoms with Crippen molar-refractivity contribution < 1.29 is 9.18 Å². The van der Waals surface area contributed by atoms with Crippen molar-refractivity contribution >= 4 is 5.91 Å². The Morgan fingerprint density at radius 1 is 1.27 bits per heavy atom. The Bertz CT molecular complexity index is 849. The second-order valence-electron chi connectivity index (χ2n) is 6.97. The number of piperidine rings is 1. The van der Waals surface area contributed by atoms with Crippen molar-refractivity contribution in [2.75, 3.05) is 13.6 Å². The van der Waals surface area contributed by atoms with Crippen molar-refractivity contribution in [1.82, 2.24) is 14.8 Å². The normalized spacial score (nSPS) is 20.7. The molecule has 1 aliphatic heterocycles. The molecule has 1 aliphatic rings. The van der Waals surface area contributed by atoms with Crippen LogP contribution in [0, 0.1) is 5.82 Å². The second-order valence-corrected chi connectivity index (χ2v) is 6.97. The molecule has 2 heterocycles.